The molecule has 20 heavy (non-hydrogen) atoms. The minimum atomic E-state index is -1.34. The Balaban J connectivity index is 2.06. The van der Waals surface area contributed by atoms with Gasteiger partial charge in [0.15, 0.2) is 0 Å². The van der Waals surface area contributed by atoms with Crippen molar-refractivity contribution in [3.8, 4) is 0 Å². The number of nitrogens with zero attached hydrogens (tertiary/aromatic N) is 1. The third-order valence-electron chi connectivity index (χ3n) is 3.48. The van der Waals surface area contributed by atoms with Gasteiger partial charge in [0.05, 0.1) is 47.7 Å². The van der Waals surface area contributed by atoms with Crippen molar-refractivity contribution in [2.45, 2.75) is 18.1 Å². The highest BCUT2D eigenvalue weighted by Crippen LogP contribution is 2.42. The molecule has 1 unspecified atom stereocenters. The van der Waals surface area contributed by atoms with Gasteiger partial charge in [0.1, 0.15) is 19.2 Å². The number of rotatable bonds is 3. The van der Waals surface area contributed by atoms with Crippen LogP contribution in [-0.4, -0.2) is 48.1 Å². The molecule has 1 aliphatic heterocycles. The molecule has 0 saturated carbocycles. The Kier molecular flexibility index (Phi) is 4.69. The first-order valence-electron chi connectivity index (χ1n) is 6.52. The van der Waals surface area contributed by atoms with E-state index in [1.54, 1.807) is 0 Å². The fourth-order valence-electron chi connectivity index (χ4n) is 2.42. The lowest BCUT2D eigenvalue weighted by Gasteiger charge is -2.41. The summed E-state index contributed by atoms with van der Waals surface area (Å²) in [6.45, 7) is 5.57. The number of carboxylic acid groups (broad SMARTS) is 1. The lowest BCUT2D eigenvalue weighted by atomic mass is 10.0. The van der Waals surface area contributed by atoms with Crippen LogP contribution >= 0.6 is 23.5 Å². The van der Waals surface area contributed by atoms with Crippen LogP contribution in [0.25, 0.3) is 0 Å². The molecule has 1 saturated heterocycles. The molecule has 1 N–H and O–H groups in total. The summed E-state index contributed by atoms with van der Waals surface area (Å²) in [7, 11) is 2.19. The average molecular weight is 319 g/mol. The Morgan fingerprint density at radius 1 is 1.55 bits per heavy atom. The molecule has 1 heterocycles. The minimum Gasteiger partial charge on any atom is -0.530 e. The SMILES string of the molecule is CC1(S[N+]2(C)CCOCC2)C=C(Cl)C(NC(=O)[O-])=CC1. The minimum absolute atomic E-state index is 0.152. The fraction of sp³-hybridized carbons (Fsp3) is 0.615. The van der Waals surface area contributed by atoms with Crippen molar-refractivity contribution < 1.29 is 18.5 Å². The molecular weight excluding hydrogens is 300 g/mol. The van der Waals surface area contributed by atoms with Crippen LogP contribution in [-0.2, 0) is 4.74 Å². The zero-order valence-corrected chi connectivity index (χ0v) is 13.2. The number of allylic oxidation sites excluding steroid dienone is 2. The van der Waals surface area contributed by atoms with E-state index in [4.69, 9.17) is 16.3 Å². The number of hydrogen-bond donors (Lipinski definition) is 1. The van der Waals surface area contributed by atoms with Gasteiger partial charge in [-0.3, -0.25) is 3.89 Å². The molecule has 0 aromatic rings. The van der Waals surface area contributed by atoms with Crippen LogP contribution in [0.4, 0.5) is 4.79 Å². The van der Waals surface area contributed by atoms with E-state index in [0.717, 1.165) is 36.6 Å². The molecule has 1 amide bonds. The molecule has 0 radical (unpaired) electrons. The van der Waals surface area contributed by atoms with E-state index in [2.05, 4.69) is 19.3 Å². The number of amides is 1. The van der Waals surface area contributed by atoms with Crippen molar-refractivity contribution in [3.05, 3.63) is 22.9 Å². The summed E-state index contributed by atoms with van der Waals surface area (Å²) in [5.74, 6) is 0. The number of quaternary nitrogens is 1. The summed E-state index contributed by atoms with van der Waals surface area (Å²) in [6.07, 6.45) is 3.12. The third-order valence-corrected chi connectivity index (χ3v) is 5.30. The summed E-state index contributed by atoms with van der Waals surface area (Å²) in [6, 6.07) is 0. The lowest BCUT2D eigenvalue weighted by molar-refractivity contribution is -0.785. The monoisotopic (exact) mass is 318 g/mol. The highest BCUT2D eigenvalue weighted by Gasteiger charge is 2.39. The van der Waals surface area contributed by atoms with Crippen LogP contribution in [0.2, 0.25) is 0 Å². The second-order valence-corrected chi connectivity index (χ2v) is 7.89. The second kappa shape index (κ2) is 5.97. The maximum absolute atomic E-state index is 10.6. The molecule has 0 spiro atoms. The van der Waals surface area contributed by atoms with Gasteiger partial charge in [-0.15, -0.1) is 0 Å². The number of nitrogens with one attached hydrogen (secondary N) is 1. The first kappa shape index (κ1) is 15.7. The molecule has 0 aromatic carbocycles. The molecule has 2 rings (SSSR count). The van der Waals surface area contributed by atoms with Gasteiger partial charge >= 0.3 is 0 Å². The quantitative estimate of drug-likeness (QED) is 0.628. The smallest absolute Gasteiger partial charge is 0.138 e. The van der Waals surface area contributed by atoms with Crippen molar-refractivity contribution in [3.63, 3.8) is 0 Å². The number of ether oxygens (including phenoxy) is 1. The number of carbonyl (C=O) groups is 1. The van der Waals surface area contributed by atoms with Gasteiger partial charge in [0.25, 0.3) is 0 Å². The van der Waals surface area contributed by atoms with Gasteiger partial charge in [0.2, 0.25) is 0 Å². The maximum Gasteiger partial charge on any atom is 0.138 e. The molecule has 0 bridgehead atoms. The molecule has 0 aromatic heterocycles. The van der Waals surface area contributed by atoms with Gasteiger partial charge in [-0.25, -0.2) is 0 Å². The Morgan fingerprint density at radius 2 is 2.20 bits per heavy atom. The predicted octanol–water partition coefficient (Wildman–Crippen LogP) is 1.21. The van der Waals surface area contributed by atoms with E-state index in [-0.39, 0.29) is 4.75 Å². The number of hydrogen-bond acceptors (Lipinski definition) is 4. The Morgan fingerprint density at radius 3 is 2.75 bits per heavy atom. The van der Waals surface area contributed by atoms with Gasteiger partial charge in [-0.05, 0) is 19.4 Å². The molecular formula is C13H19ClN2O3S. The van der Waals surface area contributed by atoms with E-state index in [0.29, 0.717) is 10.7 Å². The maximum atomic E-state index is 10.6. The highest BCUT2D eigenvalue weighted by molar-refractivity contribution is 7.95. The van der Waals surface area contributed by atoms with E-state index in [1.165, 1.54) is 0 Å². The van der Waals surface area contributed by atoms with Crippen molar-refractivity contribution >= 4 is 29.6 Å². The van der Waals surface area contributed by atoms with E-state index in [1.807, 2.05) is 24.1 Å². The first-order valence-corrected chi connectivity index (χ1v) is 7.67. The van der Waals surface area contributed by atoms with Gasteiger partial charge in [0, 0.05) is 0 Å². The third kappa shape index (κ3) is 3.91. The fourth-order valence-corrected chi connectivity index (χ4v) is 4.51. The van der Waals surface area contributed by atoms with E-state index >= 15 is 0 Å². The summed E-state index contributed by atoms with van der Waals surface area (Å²) in [4.78, 5) is 10.6. The summed E-state index contributed by atoms with van der Waals surface area (Å²) in [5, 5.41) is 13.2. The number of morpholine rings is 1. The van der Waals surface area contributed by atoms with Gasteiger partial charge in [-0.2, -0.15) is 0 Å². The Hall–Kier alpha value is -0.690. The topological polar surface area (TPSA) is 61.4 Å². The van der Waals surface area contributed by atoms with Crippen LogP contribution in [0.15, 0.2) is 22.9 Å². The normalized spacial score (nSPS) is 29.4. The predicted molar refractivity (Wildman–Crippen MR) is 77.9 cm³/mol. The van der Waals surface area contributed by atoms with Crippen LogP contribution < -0.4 is 10.4 Å². The van der Waals surface area contributed by atoms with Gasteiger partial charge in [-0.1, -0.05) is 17.7 Å². The summed E-state index contributed by atoms with van der Waals surface area (Å²) in [5.41, 5.74) is 0.411. The average Bonchev–Trinajstić information content (AvgIpc) is 2.32. The zero-order valence-electron chi connectivity index (χ0n) is 11.6. The van der Waals surface area contributed by atoms with Crippen molar-refractivity contribution in [1.82, 2.24) is 5.32 Å². The Bertz CT molecular complexity index is 461. The van der Waals surface area contributed by atoms with Crippen molar-refractivity contribution in [1.29, 1.82) is 0 Å². The van der Waals surface area contributed by atoms with Gasteiger partial charge < -0.3 is 20.0 Å². The molecule has 2 aliphatic rings. The summed E-state index contributed by atoms with van der Waals surface area (Å²) >= 11 is 8.00. The lowest BCUT2D eigenvalue weighted by Crippen LogP contribution is -2.49. The van der Waals surface area contributed by atoms with Crippen molar-refractivity contribution in [2.75, 3.05) is 33.4 Å². The second-order valence-electron chi connectivity index (χ2n) is 5.49. The van der Waals surface area contributed by atoms with E-state index < -0.39 is 6.09 Å². The number of halogens is 1. The van der Waals surface area contributed by atoms with Crippen LogP contribution in [0.5, 0.6) is 0 Å². The van der Waals surface area contributed by atoms with Crippen LogP contribution in [0.3, 0.4) is 0 Å². The molecule has 7 heteroatoms. The number of likely N-dealkylation sites (N-methyl/N-ethyl adjacent to an activating group) is 1. The summed E-state index contributed by atoms with van der Waals surface area (Å²) < 4.78 is 6.12. The molecule has 5 nitrogen and oxygen atoms in total. The highest BCUT2D eigenvalue weighted by atomic mass is 35.5. The van der Waals surface area contributed by atoms with Crippen LogP contribution in [0.1, 0.15) is 13.3 Å². The zero-order chi connectivity index (χ0) is 14.8. The molecule has 1 fully saturated rings. The number of carbonyl (C=O) groups excluding carboxylic acids is 1. The van der Waals surface area contributed by atoms with Crippen molar-refractivity contribution in [2.24, 2.45) is 0 Å². The van der Waals surface area contributed by atoms with E-state index in [9.17, 15) is 9.90 Å². The largest absolute Gasteiger partial charge is 0.530 e. The van der Waals surface area contributed by atoms with Crippen LogP contribution in [0, 0.1) is 0 Å². The standard InChI is InChI=1S/C13H19ClN2O3S/c1-13(20-16(2)5-7-19-8-6-16)4-3-11(10(14)9-13)15-12(17)18/h3,9,15H,4-8H2,1-2H3. The molecule has 112 valence electrons. The first-order chi connectivity index (χ1) is 9.32. The molecule has 1 atom stereocenters. The molecule has 1 aliphatic carbocycles. The Labute approximate surface area is 128 Å².